The quantitative estimate of drug-likeness (QED) is 0.249. The first kappa shape index (κ1) is 30.2. The molecule has 1 unspecified atom stereocenters. The van der Waals surface area contributed by atoms with Crippen molar-refractivity contribution >= 4 is 27.5 Å². The second kappa shape index (κ2) is 13.3. The summed E-state index contributed by atoms with van der Waals surface area (Å²) >= 11 is 0. The molecule has 1 atom stereocenters. The van der Waals surface area contributed by atoms with Crippen molar-refractivity contribution in [2.24, 2.45) is 0 Å². The highest BCUT2D eigenvalue weighted by molar-refractivity contribution is 7.89. The summed E-state index contributed by atoms with van der Waals surface area (Å²) in [6, 6.07) is 12.1. The van der Waals surface area contributed by atoms with E-state index >= 15 is 0 Å². The zero-order chi connectivity index (χ0) is 29.7. The molecule has 3 heterocycles. The SMILES string of the molecule is CCOc1ccc(C2/C(=C(/O)c3cccc(S(=O)(=O)N4CCOCC4)c3)C(=O)C(=O)N2CCCN2CCOCC2)cc1. The molecule has 3 saturated heterocycles. The summed E-state index contributed by atoms with van der Waals surface area (Å²) in [5.41, 5.74) is 0.714. The molecule has 1 N–H and O–H groups in total. The second-order valence-corrected chi connectivity index (χ2v) is 12.3. The Balaban J connectivity index is 1.49. The van der Waals surface area contributed by atoms with Crippen LogP contribution in [-0.2, 0) is 29.1 Å². The molecule has 0 radical (unpaired) electrons. The van der Waals surface area contributed by atoms with E-state index in [-0.39, 0.29) is 29.1 Å². The van der Waals surface area contributed by atoms with Gasteiger partial charge in [-0.25, -0.2) is 8.42 Å². The van der Waals surface area contributed by atoms with E-state index in [2.05, 4.69) is 4.90 Å². The van der Waals surface area contributed by atoms with E-state index in [4.69, 9.17) is 14.2 Å². The molecule has 0 aromatic heterocycles. The zero-order valence-electron chi connectivity index (χ0n) is 23.7. The van der Waals surface area contributed by atoms with E-state index in [1.807, 2.05) is 6.92 Å². The van der Waals surface area contributed by atoms with Crippen molar-refractivity contribution in [2.75, 3.05) is 72.3 Å². The first-order valence-corrected chi connectivity index (χ1v) is 15.7. The van der Waals surface area contributed by atoms with Crippen molar-refractivity contribution < 1.29 is 37.3 Å². The Morgan fingerprint density at radius 3 is 2.29 bits per heavy atom. The molecule has 0 saturated carbocycles. The number of benzene rings is 2. The lowest BCUT2D eigenvalue weighted by Crippen LogP contribution is -2.40. The van der Waals surface area contributed by atoms with E-state index in [9.17, 15) is 23.1 Å². The number of rotatable bonds is 10. The number of ether oxygens (including phenoxy) is 3. The number of likely N-dealkylation sites (tertiary alicyclic amines) is 1. The highest BCUT2D eigenvalue weighted by Crippen LogP contribution is 2.40. The maximum Gasteiger partial charge on any atom is 0.295 e. The van der Waals surface area contributed by atoms with Crippen LogP contribution in [0.25, 0.3) is 5.76 Å². The van der Waals surface area contributed by atoms with Gasteiger partial charge in [-0.3, -0.25) is 14.5 Å². The van der Waals surface area contributed by atoms with Crippen molar-refractivity contribution in [2.45, 2.75) is 24.3 Å². The Labute approximate surface area is 246 Å². The van der Waals surface area contributed by atoms with Gasteiger partial charge in [-0.1, -0.05) is 24.3 Å². The Morgan fingerprint density at radius 1 is 0.952 bits per heavy atom. The number of ketones is 1. The minimum Gasteiger partial charge on any atom is -0.507 e. The van der Waals surface area contributed by atoms with E-state index in [1.54, 1.807) is 24.3 Å². The van der Waals surface area contributed by atoms with Crippen LogP contribution >= 0.6 is 0 Å². The minimum absolute atomic E-state index is 0.00851. The lowest BCUT2D eigenvalue weighted by atomic mass is 9.95. The zero-order valence-corrected chi connectivity index (χ0v) is 24.6. The molecule has 42 heavy (non-hydrogen) atoms. The summed E-state index contributed by atoms with van der Waals surface area (Å²) in [7, 11) is -3.85. The van der Waals surface area contributed by atoms with Gasteiger partial charge >= 0.3 is 0 Å². The van der Waals surface area contributed by atoms with Gasteiger partial charge in [0, 0.05) is 44.8 Å². The molecule has 3 aliphatic rings. The third-order valence-corrected chi connectivity index (χ3v) is 9.63. The number of sulfonamides is 1. The molecule has 2 aromatic carbocycles. The number of carbonyl (C=O) groups excluding carboxylic acids is 2. The smallest absolute Gasteiger partial charge is 0.295 e. The van der Waals surface area contributed by atoms with Crippen molar-refractivity contribution in [3.63, 3.8) is 0 Å². The number of hydrogen-bond acceptors (Lipinski definition) is 9. The average molecular weight is 600 g/mol. The molecule has 2 aromatic rings. The van der Waals surface area contributed by atoms with Gasteiger partial charge in [0.05, 0.1) is 49.5 Å². The highest BCUT2D eigenvalue weighted by atomic mass is 32.2. The number of aliphatic hydroxyl groups excluding tert-OH is 1. The van der Waals surface area contributed by atoms with E-state index in [1.165, 1.54) is 33.5 Å². The van der Waals surface area contributed by atoms with Gasteiger partial charge in [-0.05, 0) is 43.2 Å². The monoisotopic (exact) mass is 599 g/mol. The van der Waals surface area contributed by atoms with Crippen LogP contribution in [0.15, 0.2) is 59.0 Å². The number of aliphatic hydroxyl groups is 1. The van der Waals surface area contributed by atoms with Crippen molar-refractivity contribution in [3.05, 3.63) is 65.2 Å². The van der Waals surface area contributed by atoms with Gasteiger partial charge in [-0.15, -0.1) is 0 Å². The molecule has 0 spiro atoms. The van der Waals surface area contributed by atoms with Crippen LogP contribution in [0.5, 0.6) is 5.75 Å². The molecule has 0 bridgehead atoms. The average Bonchev–Trinajstić information content (AvgIpc) is 3.27. The van der Waals surface area contributed by atoms with E-state index < -0.39 is 33.5 Å². The van der Waals surface area contributed by atoms with Gasteiger partial charge in [0.15, 0.2) is 0 Å². The third kappa shape index (κ3) is 6.37. The molecule has 0 aliphatic carbocycles. The Kier molecular flexibility index (Phi) is 9.59. The summed E-state index contributed by atoms with van der Waals surface area (Å²) in [5.74, 6) is -1.28. The minimum atomic E-state index is -3.85. The van der Waals surface area contributed by atoms with Crippen LogP contribution in [0.2, 0.25) is 0 Å². The first-order chi connectivity index (χ1) is 20.3. The number of amides is 1. The molecule has 226 valence electrons. The number of hydrogen-bond donors (Lipinski definition) is 1. The van der Waals surface area contributed by atoms with Crippen molar-refractivity contribution in [1.82, 2.24) is 14.1 Å². The standard InChI is InChI=1S/C30H37N3O8S/c1-2-41-24-9-7-22(8-10-24)27-26(29(35)30(36)33(27)12-4-11-31-13-17-39-18-14-31)28(34)23-5-3-6-25(21-23)42(37,38)32-15-19-40-20-16-32/h3,5-10,21,27,34H,2,4,11-20H2,1H3/b28-26-. The summed E-state index contributed by atoms with van der Waals surface area (Å²) in [5, 5.41) is 11.5. The number of carbonyl (C=O) groups is 2. The molecule has 3 fully saturated rings. The van der Waals surface area contributed by atoms with Crippen LogP contribution in [-0.4, -0.2) is 112 Å². The van der Waals surface area contributed by atoms with Gasteiger partial charge in [-0.2, -0.15) is 4.31 Å². The molecule has 12 heteroatoms. The van der Waals surface area contributed by atoms with Gasteiger partial charge in [0.25, 0.3) is 11.7 Å². The van der Waals surface area contributed by atoms with E-state index in [0.717, 1.165) is 19.6 Å². The summed E-state index contributed by atoms with van der Waals surface area (Å²) in [6.07, 6.45) is 0.633. The number of morpholine rings is 2. The summed E-state index contributed by atoms with van der Waals surface area (Å²) in [4.78, 5) is 30.6. The molecule has 1 amide bonds. The molecule has 11 nitrogen and oxygen atoms in total. The maximum absolute atomic E-state index is 13.5. The van der Waals surface area contributed by atoms with Crippen LogP contribution in [0, 0.1) is 0 Å². The van der Waals surface area contributed by atoms with Gasteiger partial charge in [0.2, 0.25) is 10.0 Å². The Hall–Kier alpha value is -3.29. The van der Waals surface area contributed by atoms with Crippen LogP contribution < -0.4 is 4.74 Å². The Bertz CT molecular complexity index is 1410. The predicted molar refractivity (Wildman–Crippen MR) is 155 cm³/mol. The maximum atomic E-state index is 13.5. The fourth-order valence-corrected chi connectivity index (χ4v) is 7.01. The third-order valence-electron chi connectivity index (χ3n) is 7.74. The number of nitrogens with zero attached hydrogens (tertiary/aromatic N) is 3. The topological polar surface area (TPSA) is 126 Å². The predicted octanol–water partition coefficient (Wildman–Crippen LogP) is 2.25. The summed E-state index contributed by atoms with van der Waals surface area (Å²) in [6.45, 7) is 7.42. The van der Waals surface area contributed by atoms with Crippen molar-refractivity contribution in [3.8, 4) is 5.75 Å². The van der Waals surface area contributed by atoms with Crippen LogP contribution in [0.3, 0.4) is 0 Å². The van der Waals surface area contributed by atoms with Crippen molar-refractivity contribution in [1.29, 1.82) is 0 Å². The number of Topliss-reactive ketones (excluding diaryl/α,β-unsaturated/α-hetero) is 1. The largest absolute Gasteiger partial charge is 0.507 e. The lowest BCUT2D eigenvalue weighted by Gasteiger charge is -2.29. The highest BCUT2D eigenvalue weighted by Gasteiger charge is 2.46. The first-order valence-electron chi connectivity index (χ1n) is 14.3. The van der Waals surface area contributed by atoms with E-state index in [0.29, 0.717) is 57.3 Å². The van der Waals surface area contributed by atoms with Gasteiger partial charge in [0.1, 0.15) is 11.5 Å². The van der Waals surface area contributed by atoms with Crippen LogP contribution in [0.4, 0.5) is 0 Å². The van der Waals surface area contributed by atoms with Crippen LogP contribution in [0.1, 0.15) is 30.5 Å². The lowest BCUT2D eigenvalue weighted by molar-refractivity contribution is -0.140. The fourth-order valence-electron chi connectivity index (χ4n) is 5.56. The normalized spacial score (nSPS) is 22.0. The summed E-state index contributed by atoms with van der Waals surface area (Å²) < 4.78 is 44.2. The fraction of sp³-hybridized carbons (Fsp3) is 0.467. The molecule has 5 rings (SSSR count). The molecular formula is C30H37N3O8S. The van der Waals surface area contributed by atoms with Gasteiger partial charge < -0.3 is 24.2 Å². The Morgan fingerprint density at radius 2 is 1.62 bits per heavy atom. The second-order valence-electron chi connectivity index (χ2n) is 10.3. The molecule has 3 aliphatic heterocycles. The molecular weight excluding hydrogens is 562 g/mol.